The first kappa shape index (κ1) is 88.1. The first-order chi connectivity index (χ1) is 56.5. The smallest absolute Gasteiger partial charge is 0.449 e. The minimum atomic E-state index is -0.790. The number of benzene rings is 5. The number of ether oxygens (including phenoxy) is 7. The van der Waals surface area contributed by atoms with Crippen molar-refractivity contribution in [1.82, 2.24) is 68.2 Å². The minimum Gasteiger partial charge on any atom is -0.449 e. The maximum atomic E-state index is 12.1. The number of carbonyl (C=O) groups is 5. The summed E-state index contributed by atoms with van der Waals surface area (Å²) in [6.07, 6.45) is 11.1. The Hall–Kier alpha value is -12.9. The molecule has 3 aliphatic rings. The highest BCUT2D eigenvalue weighted by molar-refractivity contribution is 5.77. The van der Waals surface area contributed by atoms with E-state index in [1.807, 2.05) is 18.2 Å². The van der Waals surface area contributed by atoms with Crippen LogP contribution in [0.4, 0.5) is 24.0 Å². The van der Waals surface area contributed by atoms with Gasteiger partial charge in [-0.25, -0.2) is 24.0 Å². The van der Waals surface area contributed by atoms with Crippen LogP contribution in [-0.4, -0.2) is 173 Å². The quantitative estimate of drug-likeness (QED) is 0.00952. The fourth-order valence-corrected chi connectivity index (χ4v) is 13.4. The van der Waals surface area contributed by atoms with Gasteiger partial charge in [0.25, 0.3) is 0 Å². The van der Waals surface area contributed by atoms with Crippen LogP contribution >= 0.6 is 0 Å². The topological polar surface area (TPSA) is 455 Å². The van der Waals surface area contributed by atoms with Gasteiger partial charge in [-0.3, -0.25) is 47.9 Å². The summed E-state index contributed by atoms with van der Waals surface area (Å²) >= 11 is 0. The first-order valence-corrected chi connectivity index (χ1v) is 39.2. The van der Waals surface area contributed by atoms with E-state index in [2.05, 4.69) is 40.3 Å². The predicted molar refractivity (Wildman–Crippen MR) is 436 cm³/mol. The molecule has 36 nitrogen and oxygen atoms in total. The number of amides is 4. The van der Waals surface area contributed by atoms with Crippen molar-refractivity contribution in [2.24, 2.45) is 0 Å². The Labute approximate surface area is 667 Å². The molecule has 5 aromatic heterocycles. The van der Waals surface area contributed by atoms with Gasteiger partial charge >= 0.3 is 86.1 Å². The van der Waals surface area contributed by atoms with Crippen molar-refractivity contribution in [3.8, 4) is 0 Å². The Morgan fingerprint density at radius 2 is 0.684 bits per heavy atom. The van der Waals surface area contributed by atoms with Crippen LogP contribution in [0.15, 0.2) is 169 Å². The van der Waals surface area contributed by atoms with Gasteiger partial charge in [0, 0.05) is 72.0 Å². The van der Waals surface area contributed by atoms with Crippen molar-refractivity contribution in [1.29, 1.82) is 0 Å². The zero-order valence-electron chi connectivity index (χ0n) is 65.9. The number of hydrogen-bond donors (Lipinski definition) is 7. The summed E-state index contributed by atoms with van der Waals surface area (Å²) in [5.74, 6) is 0. The third kappa shape index (κ3) is 25.8. The monoisotopic (exact) mass is 1620 g/mol. The van der Waals surface area contributed by atoms with Crippen LogP contribution in [0, 0.1) is 0 Å². The molecule has 117 heavy (non-hydrogen) atoms. The molecule has 1 unspecified atom stereocenters. The molecule has 0 radical (unpaired) electrons. The molecule has 6 heterocycles. The largest absolute Gasteiger partial charge is 0.510 e. The standard InChI is InChI=1S/C18H23N3O4.C17H21N3O4.C16H19N3O4.C16H20N2O6.C14H17N3O4/c22-16-17(23)21(15-10-5-4-9-14(15)20-16)11-6-12-25-18(24)19-13-7-2-1-3-8-13;21-15-16(22)20(14-9-4-3-8-13(14)19-15)10-5-11-24-17(23)18-12-6-1-2-7-12;20-14-15(21)19(13-7-2-1-6-12(13)17-14)10-5-11-23-16(22)18-8-3-4-9-18;1-3-22-16(21)24-11(2)23-10-6-9-18-13-8-5-4-7-12(13)17-14(19)15(18)20;1-16(2)14(20)21-9-5-8-17-11-7-4-3-6-10(11)15-12(18)13(17)19/h4-5,9-10,13H,1-3,6-8,11-12H2,(H,19,24)(H,20,22);3-4,8-9,12H,1-2,5-7,10-11H2,(H,18,23)(H,19,21);1-2,6-7H,3-5,8-11H2,(H,17,20);4-5,7-8,11H,3,6,9-10H2,1-2H3,(H,17,19);3-4,6-7H,5,8-9H2,1-2H3,(H,15,18). The number of alkyl carbamates (subject to hydrolysis) is 2. The van der Waals surface area contributed by atoms with Gasteiger partial charge in [-0.15, -0.1) is 0 Å². The molecule has 0 spiro atoms. The third-order valence-electron chi connectivity index (χ3n) is 19.2. The van der Waals surface area contributed by atoms with E-state index >= 15 is 0 Å². The lowest BCUT2D eigenvalue weighted by Crippen LogP contribution is -2.37. The second kappa shape index (κ2) is 44.7. The SMILES string of the molecule is CCOC(=O)OC(C)OCCCn1c(=O)c(=O)[nH]c2ccccc21.CN(C)C(=O)OCCCn1c(=O)c(=O)[nH]c2ccccc21.O=C(NC1CCCC1)OCCCn1c(=O)c(=O)[nH]c2ccccc21.O=C(NC1CCCCC1)OCCCn1c(=O)c(=O)[nH]c2ccccc21.O=C(OCCCn1c(=O)c(=O)[nH]c2ccccc21)N1CCCC1. The van der Waals surface area contributed by atoms with Crippen molar-refractivity contribution in [2.75, 3.05) is 66.8 Å². The Kier molecular flexibility index (Phi) is 33.6. The second-order valence-electron chi connectivity index (χ2n) is 27.8. The number of nitrogens with one attached hydrogen (secondary N) is 7. The molecule has 1 atom stereocenters. The Bertz CT molecular complexity index is 5680. The molecule has 1 saturated heterocycles. The molecule has 10 aromatic rings. The zero-order chi connectivity index (χ0) is 83.8. The van der Waals surface area contributed by atoms with E-state index < -0.39 is 86.3 Å². The number of aromatic amines is 5. The van der Waals surface area contributed by atoms with Gasteiger partial charge in [0.05, 0.1) is 94.8 Å². The molecular weight excluding hydrogens is 1520 g/mol. The number of para-hydroxylation sites is 10. The van der Waals surface area contributed by atoms with Crippen molar-refractivity contribution in [3.05, 3.63) is 225 Å². The van der Waals surface area contributed by atoms with E-state index in [4.69, 9.17) is 28.4 Å². The van der Waals surface area contributed by atoms with Gasteiger partial charge in [-0.1, -0.05) is 92.8 Å². The lowest BCUT2D eigenvalue weighted by Gasteiger charge is -2.22. The molecule has 13 rings (SSSR count). The predicted octanol–water partition coefficient (Wildman–Crippen LogP) is 7.59. The van der Waals surface area contributed by atoms with Crippen molar-refractivity contribution < 1.29 is 57.1 Å². The van der Waals surface area contributed by atoms with Crippen molar-refractivity contribution >= 4 is 85.7 Å². The number of aryl methyl sites for hydroxylation is 5. The fraction of sp³-hybridized carbons (Fsp3) is 0.444. The molecule has 36 heteroatoms. The summed E-state index contributed by atoms with van der Waals surface area (Å²) in [7, 11) is 3.19. The molecule has 2 saturated carbocycles. The van der Waals surface area contributed by atoms with Crippen LogP contribution in [0.3, 0.4) is 0 Å². The van der Waals surface area contributed by atoms with Crippen LogP contribution in [-0.2, 0) is 65.9 Å². The van der Waals surface area contributed by atoms with E-state index in [-0.39, 0.29) is 57.8 Å². The van der Waals surface area contributed by atoms with E-state index in [1.165, 1.54) is 34.2 Å². The van der Waals surface area contributed by atoms with Crippen LogP contribution < -0.4 is 66.2 Å². The number of carbonyl (C=O) groups excluding carboxylic acids is 5. The molecule has 3 fully saturated rings. The van der Waals surface area contributed by atoms with Gasteiger partial charge < -0.3 is 101 Å². The normalized spacial score (nSPS) is 13.5. The average molecular weight is 1620 g/mol. The molecule has 1 aliphatic heterocycles. The van der Waals surface area contributed by atoms with Crippen LogP contribution in [0.1, 0.15) is 117 Å². The van der Waals surface area contributed by atoms with Gasteiger partial charge in [-0.05, 0) is 145 Å². The molecular formula is C81H100N14O22. The Balaban J connectivity index is 0.000000167. The molecule has 2 aliphatic carbocycles. The molecule has 5 aromatic carbocycles. The number of aromatic nitrogens is 10. The van der Waals surface area contributed by atoms with E-state index in [0.717, 1.165) is 77.3 Å². The minimum absolute atomic E-state index is 0.185. The lowest BCUT2D eigenvalue weighted by atomic mass is 9.96. The highest BCUT2D eigenvalue weighted by atomic mass is 16.8. The van der Waals surface area contributed by atoms with E-state index in [1.54, 1.807) is 136 Å². The zero-order valence-corrected chi connectivity index (χ0v) is 65.9. The summed E-state index contributed by atoms with van der Waals surface area (Å²) in [5, 5.41) is 5.73. The lowest BCUT2D eigenvalue weighted by molar-refractivity contribution is -0.111. The highest BCUT2D eigenvalue weighted by Crippen LogP contribution is 2.20. The number of hydrogen-bond acceptors (Lipinski definition) is 22. The summed E-state index contributed by atoms with van der Waals surface area (Å²) < 4.78 is 42.5. The maximum absolute atomic E-state index is 12.1. The third-order valence-corrected chi connectivity index (χ3v) is 19.2. The number of H-pyrrole nitrogens is 5. The van der Waals surface area contributed by atoms with Crippen molar-refractivity contribution in [3.63, 3.8) is 0 Å². The number of rotatable bonds is 25. The first-order valence-electron chi connectivity index (χ1n) is 39.2. The van der Waals surface area contributed by atoms with Crippen LogP contribution in [0.5, 0.6) is 0 Å². The molecule has 4 amide bonds. The molecule has 626 valence electrons. The van der Waals surface area contributed by atoms with E-state index in [9.17, 15) is 71.9 Å². The van der Waals surface area contributed by atoms with Gasteiger partial charge in [0.1, 0.15) is 0 Å². The number of nitrogens with zero attached hydrogens (tertiary/aromatic N) is 7. The molecule has 7 N–H and O–H groups in total. The number of fused-ring (bicyclic) bond motifs is 5. The van der Waals surface area contributed by atoms with Gasteiger partial charge in [0.2, 0.25) is 6.29 Å². The van der Waals surface area contributed by atoms with E-state index in [0.29, 0.717) is 120 Å². The summed E-state index contributed by atoms with van der Waals surface area (Å²) in [6.45, 7) is 7.63. The average Bonchev–Trinajstić information content (AvgIpc) is 1.60. The highest BCUT2D eigenvalue weighted by Gasteiger charge is 2.22. The fourth-order valence-electron chi connectivity index (χ4n) is 13.4. The van der Waals surface area contributed by atoms with Gasteiger partial charge in [0.15, 0.2) is 0 Å². The Morgan fingerprint density at radius 3 is 1.00 bits per heavy atom. The summed E-state index contributed by atoms with van der Waals surface area (Å²) in [4.78, 5) is 192. The maximum Gasteiger partial charge on any atom is 0.510 e. The number of likely N-dealkylation sites (tertiary alicyclic amines) is 1. The summed E-state index contributed by atoms with van der Waals surface area (Å²) in [5.41, 5.74) is 0.124. The summed E-state index contributed by atoms with van der Waals surface area (Å²) in [6, 6.07) is 36.0. The van der Waals surface area contributed by atoms with Crippen LogP contribution in [0.2, 0.25) is 0 Å². The van der Waals surface area contributed by atoms with Crippen LogP contribution in [0.25, 0.3) is 55.2 Å². The second-order valence-corrected chi connectivity index (χ2v) is 27.8. The molecule has 0 bridgehead atoms. The van der Waals surface area contributed by atoms with Gasteiger partial charge in [-0.2, -0.15) is 0 Å². The van der Waals surface area contributed by atoms with Crippen molar-refractivity contribution in [2.45, 2.75) is 168 Å². The Morgan fingerprint density at radius 1 is 0.393 bits per heavy atom.